The second-order valence-electron chi connectivity index (χ2n) is 2.80. The molecule has 1 aromatic carbocycles. The second-order valence-corrected chi connectivity index (χ2v) is 2.80. The summed E-state index contributed by atoms with van der Waals surface area (Å²) in [5.41, 5.74) is 5.44. The molecular formula is C10H11NO. The minimum atomic E-state index is -1.27. The van der Waals surface area contributed by atoms with Gasteiger partial charge in [0.1, 0.15) is 5.60 Å². The highest BCUT2D eigenvalue weighted by Gasteiger charge is 2.21. The molecule has 0 saturated carbocycles. The van der Waals surface area contributed by atoms with Crippen molar-refractivity contribution in [1.82, 2.24) is 0 Å². The van der Waals surface area contributed by atoms with E-state index in [1.165, 1.54) is 0 Å². The molecule has 2 heteroatoms. The molecule has 12 heavy (non-hydrogen) atoms. The number of para-hydroxylation sites is 1. The van der Waals surface area contributed by atoms with Crippen molar-refractivity contribution in [2.24, 2.45) is 0 Å². The molecule has 0 saturated heterocycles. The molecule has 0 aliphatic carbocycles. The van der Waals surface area contributed by atoms with Crippen molar-refractivity contribution in [3.63, 3.8) is 0 Å². The maximum absolute atomic E-state index is 9.66. The van der Waals surface area contributed by atoms with Gasteiger partial charge in [-0.05, 0) is 13.0 Å². The average Bonchev–Trinajstić information content (AvgIpc) is 2.05. The molecule has 1 aromatic rings. The molecule has 0 bridgehead atoms. The molecule has 0 heterocycles. The third-order valence-corrected chi connectivity index (χ3v) is 1.77. The van der Waals surface area contributed by atoms with Crippen molar-refractivity contribution in [3.8, 4) is 12.3 Å². The number of terminal acetylenes is 1. The van der Waals surface area contributed by atoms with E-state index in [0.717, 1.165) is 0 Å². The van der Waals surface area contributed by atoms with Gasteiger partial charge in [0.25, 0.3) is 0 Å². The SMILES string of the molecule is C#CC(C)(O)c1ccccc1N. The van der Waals surface area contributed by atoms with E-state index in [9.17, 15) is 5.11 Å². The second kappa shape index (κ2) is 2.88. The van der Waals surface area contributed by atoms with Crippen molar-refractivity contribution in [2.45, 2.75) is 12.5 Å². The molecule has 0 aromatic heterocycles. The lowest BCUT2D eigenvalue weighted by molar-refractivity contribution is 0.123. The molecule has 3 N–H and O–H groups in total. The van der Waals surface area contributed by atoms with Crippen LogP contribution in [0.25, 0.3) is 0 Å². The van der Waals surface area contributed by atoms with Gasteiger partial charge in [0.2, 0.25) is 0 Å². The Morgan fingerprint density at radius 2 is 2.08 bits per heavy atom. The van der Waals surface area contributed by atoms with Crippen LogP contribution in [0.15, 0.2) is 24.3 Å². The summed E-state index contributed by atoms with van der Waals surface area (Å²) in [6.45, 7) is 1.54. The Labute approximate surface area is 72.0 Å². The number of anilines is 1. The van der Waals surface area contributed by atoms with Gasteiger partial charge in [-0.25, -0.2) is 0 Å². The Morgan fingerprint density at radius 1 is 1.50 bits per heavy atom. The zero-order chi connectivity index (χ0) is 9.19. The normalized spacial score (nSPS) is 14.8. The Morgan fingerprint density at radius 3 is 2.58 bits per heavy atom. The van der Waals surface area contributed by atoms with E-state index in [0.29, 0.717) is 11.3 Å². The standard InChI is InChI=1S/C10H11NO/c1-3-10(2,12)8-6-4-5-7-9(8)11/h1,4-7,12H,11H2,2H3. The molecule has 2 nitrogen and oxygen atoms in total. The number of hydrogen-bond acceptors (Lipinski definition) is 2. The summed E-state index contributed by atoms with van der Waals surface area (Å²) >= 11 is 0. The fourth-order valence-electron chi connectivity index (χ4n) is 1.02. The minimum absolute atomic E-state index is 0.514. The van der Waals surface area contributed by atoms with Gasteiger partial charge in [-0.15, -0.1) is 6.42 Å². The molecule has 0 aliphatic rings. The number of aliphatic hydroxyl groups is 1. The lowest BCUT2D eigenvalue weighted by atomic mass is 9.96. The molecule has 62 valence electrons. The topological polar surface area (TPSA) is 46.2 Å². The molecule has 0 aliphatic heterocycles. The summed E-state index contributed by atoms with van der Waals surface area (Å²) in [6, 6.07) is 7.01. The highest BCUT2D eigenvalue weighted by Crippen LogP contribution is 2.24. The maximum Gasteiger partial charge on any atom is 0.149 e. The third-order valence-electron chi connectivity index (χ3n) is 1.77. The van der Waals surface area contributed by atoms with Gasteiger partial charge in [0.15, 0.2) is 0 Å². The van der Waals surface area contributed by atoms with E-state index < -0.39 is 5.60 Å². The van der Waals surface area contributed by atoms with Crippen LogP contribution in [0.1, 0.15) is 12.5 Å². The van der Waals surface area contributed by atoms with Gasteiger partial charge in [0.05, 0.1) is 0 Å². The zero-order valence-electron chi connectivity index (χ0n) is 6.91. The van der Waals surface area contributed by atoms with E-state index in [1.54, 1.807) is 31.2 Å². The van der Waals surface area contributed by atoms with Crippen molar-refractivity contribution < 1.29 is 5.11 Å². The van der Waals surface area contributed by atoms with Crippen LogP contribution >= 0.6 is 0 Å². The molecule has 0 radical (unpaired) electrons. The molecule has 1 rings (SSSR count). The number of hydrogen-bond donors (Lipinski definition) is 2. The van der Waals surface area contributed by atoms with Crippen LogP contribution < -0.4 is 5.73 Å². The first-order valence-corrected chi connectivity index (χ1v) is 3.63. The van der Waals surface area contributed by atoms with Gasteiger partial charge in [-0.2, -0.15) is 0 Å². The van der Waals surface area contributed by atoms with Gasteiger partial charge in [-0.1, -0.05) is 24.1 Å². The first-order chi connectivity index (χ1) is 5.58. The Balaban J connectivity index is 3.22. The smallest absolute Gasteiger partial charge is 0.149 e. The number of nitrogen functional groups attached to an aromatic ring is 1. The van der Waals surface area contributed by atoms with Crippen LogP contribution in [0.3, 0.4) is 0 Å². The number of nitrogens with two attached hydrogens (primary N) is 1. The van der Waals surface area contributed by atoms with Crippen molar-refractivity contribution in [2.75, 3.05) is 5.73 Å². The zero-order valence-corrected chi connectivity index (χ0v) is 6.91. The first kappa shape index (κ1) is 8.63. The molecule has 1 atom stereocenters. The average molecular weight is 161 g/mol. The van der Waals surface area contributed by atoms with Gasteiger partial charge in [0, 0.05) is 11.3 Å². The van der Waals surface area contributed by atoms with E-state index in [-0.39, 0.29) is 0 Å². The first-order valence-electron chi connectivity index (χ1n) is 3.63. The summed E-state index contributed by atoms with van der Waals surface area (Å²) in [7, 11) is 0. The van der Waals surface area contributed by atoms with Crippen LogP contribution in [0, 0.1) is 12.3 Å². The van der Waals surface area contributed by atoms with Gasteiger partial charge >= 0.3 is 0 Å². The monoisotopic (exact) mass is 161 g/mol. The Kier molecular flexibility index (Phi) is 2.07. The largest absolute Gasteiger partial charge is 0.398 e. The fraction of sp³-hybridized carbons (Fsp3) is 0.200. The third kappa shape index (κ3) is 1.41. The summed E-state index contributed by atoms with van der Waals surface area (Å²) in [5, 5.41) is 9.66. The molecule has 1 unspecified atom stereocenters. The summed E-state index contributed by atoms with van der Waals surface area (Å²) in [4.78, 5) is 0. The Bertz CT molecular complexity index is 323. The van der Waals surface area contributed by atoms with Crippen LogP contribution in [-0.4, -0.2) is 5.11 Å². The Hall–Kier alpha value is -1.46. The lowest BCUT2D eigenvalue weighted by Crippen LogP contribution is -2.19. The van der Waals surface area contributed by atoms with Crippen LogP contribution in [0.4, 0.5) is 5.69 Å². The maximum atomic E-state index is 9.66. The van der Waals surface area contributed by atoms with Crippen LogP contribution in [0.2, 0.25) is 0 Å². The lowest BCUT2D eigenvalue weighted by Gasteiger charge is -2.18. The van der Waals surface area contributed by atoms with Crippen molar-refractivity contribution in [3.05, 3.63) is 29.8 Å². The fourth-order valence-corrected chi connectivity index (χ4v) is 1.02. The predicted molar refractivity (Wildman–Crippen MR) is 49.3 cm³/mol. The van der Waals surface area contributed by atoms with Crippen molar-refractivity contribution in [1.29, 1.82) is 0 Å². The summed E-state index contributed by atoms with van der Waals surface area (Å²) in [6.07, 6.45) is 5.15. The van der Waals surface area contributed by atoms with Crippen molar-refractivity contribution >= 4 is 5.69 Å². The number of benzene rings is 1. The molecule has 0 amide bonds. The van der Waals surface area contributed by atoms with Gasteiger partial charge < -0.3 is 10.8 Å². The van der Waals surface area contributed by atoms with E-state index >= 15 is 0 Å². The van der Waals surface area contributed by atoms with Crippen LogP contribution in [-0.2, 0) is 5.60 Å². The summed E-state index contributed by atoms with van der Waals surface area (Å²) < 4.78 is 0. The highest BCUT2D eigenvalue weighted by molar-refractivity contribution is 5.51. The van der Waals surface area contributed by atoms with E-state index in [2.05, 4.69) is 5.92 Å². The molecular weight excluding hydrogens is 150 g/mol. The van der Waals surface area contributed by atoms with E-state index in [4.69, 9.17) is 12.2 Å². The van der Waals surface area contributed by atoms with E-state index in [1.807, 2.05) is 0 Å². The number of rotatable bonds is 1. The highest BCUT2D eigenvalue weighted by atomic mass is 16.3. The minimum Gasteiger partial charge on any atom is -0.398 e. The predicted octanol–water partition coefficient (Wildman–Crippen LogP) is 1.11. The summed E-state index contributed by atoms with van der Waals surface area (Å²) in [5.74, 6) is 2.27. The van der Waals surface area contributed by atoms with Gasteiger partial charge in [-0.3, -0.25) is 0 Å². The van der Waals surface area contributed by atoms with Crippen LogP contribution in [0.5, 0.6) is 0 Å². The quantitative estimate of drug-likeness (QED) is 0.478. The molecule has 0 fully saturated rings. The molecule has 0 spiro atoms.